The molecule has 1 saturated heterocycles. The van der Waals surface area contributed by atoms with Gasteiger partial charge in [0.05, 0.1) is 16.6 Å². The number of benzene rings is 3. The molecule has 3 heterocycles. The van der Waals surface area contributed by atoms with Gasteiger partial charge >= 0.3 is 4.87 Å². The lowest BCUT2D eigenvalue weighted by molar-refractivity contribution is -0.122. The lowest BCUT2D eigenvalue weighted by atomic mass is 9.83. The molecule has 7 nitrogen and oxygen atoms in total. The van der Waals surface area contributed by atoms with Crippen LogP contribution in [0, 0.1) is 12.8 Å². The predicted molar refractivity (Wildman–Crippen MR) is 164 cm³/mol. The quantitative estimate of drug-likeness (QED) is 0.252. The standard InChI is InChI=1S/C29H21Br2N3O4S2/c1-15-3-2-4-19(13-15)32-21(35)14-33-28-25(40-29(33)38)22(16-5-7-17(30)8-6-16)23-24(39-28)27(37)34(26(23)36)20-11-9-18(31)10-12-20/h2-13,22-24H,14H2,1H3,(H,32,35)/t22-,23?,24?/m1/s1. The minimum absolute atomic E-state index is 0.200. The summed E-state index contributed by atoms with van der Waals surface area (Å²) < 4.78 is 3.14. The zero-order valence-corrected chi connectivity index (χ0v) is 25.8. The molecule has 1 aromatic heterocycles. The Labute approximate surface area is 254 Å². The van der Waals surface area contributed by atoms with Crippen molar-refractivity contribution in [3.05, 3.63) is 107 Å². The minimum Gasteiger partial charge on any atom is -0.325 e. The number of nitrogens with one attached hydrogen (secondary N) is 1. The summed E-state index contributed by atoms with van der Waals surface area (Å²) in [6, 6.07) is 22.1. The number of carbonyl (C=O) groups excluding carboxylic acids is 3. The molecule has 3 amide bonds. The van der Waals surface area contributed by atoms with Gasteiger partial charge in [0, 0.05) is 25.4 Å². The molecule has 3 atom stereocenters. The first-order chi connectivity index (χ1) is 19.2. The van der Waals surface area contributed by atoms with Crippen LogP contribution in [0.1, 0.15) is 21.9 Å². The normalized spacial score (nSPS) is 19.9. The molecule has 0 bridgehead atoms. The van der Waals surface area contributed by atoms with E-state index in [1.54, 1.807) is 30.3 Å². The number of aryl methyl sites for hydroxylation is 1. The van der Waals surface area contributed by atoms with Crippen LogP contribution in [0.15, 0.2) is 91.6 Å². The summed E-state index contributed by atoms with van der Waals surface area (Å²) in [6.07, 6.45) is 0. The maximum Gasteiger partial charge on any atom is 0.308 e. The number of nitrogens with zero attached hydrogens (tertiary/aromatic N) is 2. The third-order valence-electron chi connectivity index (χ3n) is 6.97. The topological polar surface area (TPSA) is 88.5 Å². The number of anilines is 2. The Hall–Kier alpha value is -2.99. The molecule has 1 fully saturated rings. The monoisotopic (exact) mass is 697 g/mol. The van der Waals surface area contributed by atoms with Gasteiger partial charge in [0.25, 0.3) is 0 Å². The van der Waals surface area contributed by atoms with E-state index in [-0.39, 0.29) is 29.1 Å². The highest BCUT2D eigenvalue weighted by Gasteiger charge is 2.56. The fourth-order valence-electron chi connectivity index (χ4n) is 5.20. The van der Waals surface area contributed by atoms with Crippen LogP contribution in [0.2, 0.25) is 0 Å². The van der Waals surface area contributed by atoms with E-state index in [1.807, 2.05) is 49.4 Å². The maximum atomic E-state index is 13.9. The summed E-state index contributed by atoms with van der Waals surface area (Å²) in [5.41, 5.74) is 2.98. The Bertz CT molecular complexity index is 1720. The molecule has 11 heteroatoms. The van der Waals surface area contributed by atoms with Crippen LogP contribution in [0.5, 0.6) is 0 Å². The summed E-state index contributed by atoms with van der Waals surface area (Å²) >= 11 is 9.11. The number of amides is 3. The van der Waals surface area contributed by atoms with Crippen molar-refractivity contribution in [2.45, 2.75) is 29.7 Å². The molecular weight excluding hydrogens is 678 g/mol. The van der Waals surface area contributed by atoms with Gasteiger partial charge in [-0.05, 0) is 66.6 Å². The molecule has 4 aromatic rings. The largest absolute Gasteiger partial charge is 0.325 e. The molecule has 3 aromatic carbocycles. The Morgan fingerprint density at radius 1 is 0.925 bits per heavy atom. The fraction of sp³-hybridized carbons (Fsp3) is 0.172. The smallest absolute Gasteiger partial charge is 0.308 e. The molecule has 2 aliphatic rings. The Morgan fingerprint density at radius 3 is 2.27 bits per heavy atom. The van der Waals surface area contributed by atoms with Crippen molar-refractivity contribution >= 4 is 84.1 Å². The van der Waals surface area contributed by atoms with E-state index in [1.165, 1.54) is 21.2 Å². The Kier molecular flexibility index (Phi) is 7.32. The number of hydrogen-bond acceptors (Lipinski definition) is 6. The average Bonchev–Trinajstić information content (AvgIpc) is 3.36. The first-order valence-electron chi connectivity index (χ1n) is 12.4. The third kappa shape index (κ3) is 4.89. The van der Waals surface area contributed by atoms with E-state index in [4.69, 9.17) is 0 Å². The van der Waals surface area contributed by atoms with Gasteiger partial charge in [0.15, 0.2) is 0 Å². The van der Waals surface area contributed by atoms with E-state index in [0.29, 0.717) is 21.3 Å². The number of imide groups is 1. The molecular formula is C29H21Br2N3O4S2. The van der Waals surface area contributed by atoms with Crippen molar-refractivity contribution in [3.8, 4) is 0 Å². The number of hydrogen-bond donors (Lipinski definition) is 1. The van der Waals surface area contributed by atoms with E-state index >= 15 is 0 Å². The van der Waals surface area contributed by atoms with Gasteiger partial charge in [-0.2, -0.15) is 0 Å². The lowest BCUT2D eigenvalue weighted by Gasteiger charge is -2.30. The predicted octanol–water partition coefficient (Wildman–Crippen LogP) is 6.18. The molecule has 202 valence electrons. The van der Waals surface area contributed by atoms with Crippen LogP contribution in [-0.4, -0.2) is 27.5 Å². The molecule has 2 unspecified atom stereocenters. The van der Waals surface area contributed by atoms with Crippen molar-refractivity contribution in [1.82, 2.24) is 4.57 Å². The van der Waals surface area contributed by atoms with Gasteiger partial charge in [-0.3, -0.25) is 23.7 Å². The van der Waals surface area contributed by atoms with Crippen LogP contribution >= 0.6 is 55.0 Å². The lowest BCUT2D eigenvalue weighted by Crippen LogP contribution is -2.33. The van der Waals surface area contributed by atoms with Crippen molar-refractivity contribution < 1.29 is 14.4 Å². The van der Waals surface area contributed by atoms with Crippen LogP contribution < -0.4 is 15.1 Å². The summed E-state index contributed by atoms with van der Waals surface area (Å²) in [6.45, 7) is 1.73. The maximum absolute atomic E-state index is 13.9. The molecule has 6 rings (SSSR count). The first kappa shape index (κ1) is 27.2. The number of fused-ring (bicyclic) bond motifs is 2. The second kappa shape index (κ2) is 10.8. The van der Waals surface area contributed by atoms with Gasteiger partial charge in [0.2, 0.25) is 17.7 Å². The van der Waals surface area contributed by atoms with Gasteiger partial charge in [-0.15, -0.1) is 0 Å². The fourth-order valence-corrected chi connectivity index (χ4v) is 8.50. The summed E-state index contributed by atoms with van der Waals surface area (Å²) in [5, 5.41) is 2.68. The van der Waals surface area contributed by atoms with Crippen molar-refractivity contribution in [3.63, 3.8) is 0 Å². The third-order valence-corrected chi connectivity index (χ3v) is 10.6. The minimum atomic E-state index is -0.739. The molecule has 0 aliphatic carbocycles. The second-order valence-electron chi connectivity index (χ2n) is 9.62. The number of rotatable bonds is 5. The number of halogens is 2. The zero-order chi connectivity index (χ0) is 28.1. The highest BCUT2D eigenvalue weighted by molar-refractivity contribution is 9.10. The molecule has 0 saturated carbocycles. The van der Waals surface area contributed by atoms with Gasteiger partial charge < -0.3 is 5.32 Å². The summed E-state index contributed by atoms with van der Waals surface area (Å²) in [4.78, 5) is 55.6. The molecule has 1 N–H and O–H groups in total. The molecule has 40 heavy (non-hydrogen) atoms. The average molecular weight is 699 g/mol. The van der Waals surface area contributed by atoms with Gasteiger partial charge in [0.1, 0.15) is 11.8 Å². The van der Waals surface area contributed by atoms with Crippen LogP contribution in [0.4, 0.5) is 11.4 Å². The number of thioether (sulfide) groups is 1. The van der Waals surface area contributed by atoms with E-state index in [2.05, 4.69) is 37.2 Å². The SMILES string of the molecule is Cc1cccc(NC(=O)Cn2c3c(sc2=O)[C@H](c2ccc(Br)cc2)C2C(=O)N(c4ccc(Br)cc4)C(=O)C2S3)c1. The van der Waals surface area contributed by atoms with Crippen LogP contribution in [0.3, 0.4) is 0 Å². The Balaban J connectivity index is 1.41. The second-order valence-corrected chi connectivity index (χ2v) is 13.6. The summed E-state index contributed by atoms with van der Waals surface area (Å²) in [7, 11) is 0. The highest BCUT2D eigenvalue weighted by atomic mass is 79.9. The summed E-state index contributed by atoms with van der Waals surface area (Å²) in [5.74, 6) is -2.17. The highest BCUT2D eigenvalue weighted by Crippen LogP contribution is 2.54. The van der Waals surface area contributed by atoms with Crippen molar-refractivity contribution in [2.75, 3.05) is 10.2 Å². The Morgan fingerprint density at radius 2 is 1.60 bits per heavy atom. The molecule has 2 aliphatic heterocycles. The zero-order valence-electron chi connectivity index (χ0n) is 21.0. The first-order valence-corrected chi connectivity index (χ1v) is 15.6. The van der Waals surface area contributed by atoms with E-state index < -0.39 is 17.1 Å². The van der Waals surface area contributed by atoms with Crippen LogP contribution in [-0.2, 0) is 20.9 Å². The van der Waals surface area contributed by atoms with Crippen LogP contribution in [0.25, 0.3) is 0 Å². The van der Waals surface area contributed by atoms with Crippen molar-refractivity contribution in [1.29, 1.82) is 0 Å². The molecule has 0 spiro atoms. The van der Waals surface area contributed by atoms with Gasteiger partial charge in [-0.1, -0.05) is 79.2 Å². The number of thiazole rings is 1. The van der Waals surface area contributed by atoms with Gasteiger partial charge in [-0.25, -0.2) is 4.90 Å². The van der Waals surface area contributed by atoms with E-state index in [0.717, 1.165) is 31.4 Å². The molecule has 0 radical (unpaired) electrons. The van der Waals surface area contributed by atoms with Crippen molar-refractivity contribution in [2.24, 2.45) is 5.92 Å². The van der Waals surface area contributed by atoms with E-state index in [9.17, 15) is 19.2 Å². The number of aromatic nitrogens is 1. The number of carbonyl (C=O) groups is 3.